The number of rotatable bonds is 8. The van der Waals surface area contributed by atoms with Crippen LogP contribution in [-0.4, -0.2) is 79.6 Å². The molecule has 1 aliphatic carbocycles. The first-order valence-electron chi connectivity index (χ1n) is 14.0. The minimum atomic E-state index is -3.98. The number of halogens is 1. The Hall–Kier alpha value is -3.22. The lowest BCUT2D eigenvalue weighted by molar-refractivity contribution is 0.0389. The number of urea groups is 1. The minimum absolute atomic E-state index is 0.0623. The average Bonchev–Trinajstić information content (AvgIpc) is 2.95. The highest BCUT2D eigenvalue weighted by molar-refractivity contribution is 7.89. The second-order valence-corrected chi connectivity index (χ2v) is 13.0. The summed E-state index contributed by atoms with van der Waals surface area (Å²) in [5.74, 6) is -1.14. The summed E-state index contributed by atoms with van der Waals surface area (Å²) in [5, 5.41) is 15.7. The topological polar surface area (TPSA) is 128 Å². The van der Waals surface area contributed by atoms with E-state index in [2.05, 4.69) is 10.6 Å². The third-order valence-corrected chi connectivity index (χ3v) is 9.68. The molecule has 3 N–H and O–H groups in total. The number of carbonyl (C=O) groups is 2. The van der Waals surface area contributed by atoms with E-state index in [1.165, 1.54) is 19.2 Å². The summed E-state index contributed by atoms with van der Waals surface area (Å²) >= 11 is 0. The molecule has 0 unspecified atom stereocenters. The molecule has 0 aromatic heterocycles. The molecule has 2 aliphatic rings. The summed E-state index contributed by atoms with van der Waals surface area (Å²) < 4.78 is 47.5. The van der Waals surface area contributed by atoms with E-state index in [9.17, 15) is 27.5 Å². The lowest BCUT2D eigenvalue weighted by Crippen LogP contribution is -2.50. The Morgan fingerprint density at radius 2 is 1.85 bits per heavy atom. The van der Waals surface area contributed by atoms with Gasteiger partial charge in [0.15, 0.2) is 5.75 Å². The zero-order valence-corrected chi connectivity index (χ0v) is 24.5. The molecule has 1 heterocycles. The lowest BCUT2D eigenvalue weighted by atomic mass is 9.96. The number of nitrogens with zero attached hydrogens (tertiary/aromatic N) is 2. The maximum atomic E-state index is 13.7. The van der Waals surface area contributed by atoms with Crippen LogP contribution in [0.3, 0.4) is 0 Å². The van der Waals surface area contributed by atoms with Gasteiger partial charge in [-0.05, 0) is 56.2 Å². The number of anilines is 1. The monoisotopic (exact) mass is 590 g/mol. The molecule has 1 aliphatic heterocycles. The third kappa shape index (κ3) is 7.17. The molecule has 1 saturated carbocycles. The van der Waals surface area contributed by atoms with E-state index < -0.39 is 34.0 Å². The standard InChI is InChI=1S/C29H39FN4O6S/c1-19-16-34(20(2)18-35)28(36)24-10-7-11-25(32-29(37)31-22-8-5-4-6-9-22)27(24)40-26(19)17-33(3)41(38,39)23-14-12-21(30)13-15-23/h7,10-15,19-20,22,26,35H,4-6,8-9,16-18H2,1-3H3,(H2,31,32,37)/t19-,20+,26-/m0/s1. The van der Waals surface area contributed by atoms with Crippen LogP contribution in [-0.2, 0) is 10.0 Å². The average molecular weight is 591 g/mol. The van der Waals surface area contributed by atoms with Crippen molar-refractivity contribution in [1.29, 1.82) is 0 Å². The maximum Gasteiger partial charge on any atom is 0.319 e. The molecule has 0 radical (unpaired) electrons. The van der Waals surface area contributed by atoms with E-state index >= 15 is 0 Å². The summed E-state index contributed by atoms with van der Waals surface area (Å²) in [6.07, 6.45) is 4.32. The fraction of sp³-hybridized carbons (Fsp3) is 0.517. The molecule has 2 aromatic carbocycles. The zero-order chi connectivity index (χ0) is 29.7. The number of fused-ring (bicyclic) bond motifs is 1. The first-order chi connectivity index (χ1) is 19.5. The Kier molecular flexibility index (Phi) is 9.88. The number of hydrogen-bond acceptors (Lipinski definition) is 6. The second-order valence-electron chi connectivity index (χ2n) is 11.0. The van der Waals surface area contributed by atoms with E-state index in [1.54, 1.807) is 30.0 Å². The fourth-order valence-corrected chi connectivity index (χ4v) is 6.47. The summed E-state index contributed by atoms with van der Waals surface area (Å²) in [6.45, 7) is 3.42. The van der Waals surface area contributed by atoms with Crippen LogP contribution in [0.4, 0.5) is 14.9 Å². The second kappa shape index (κ2) is 13.2. The highest BCUT2D eigenvalue weighted by atomic mass is 32.2. The zero-order valence-electron chi connectivity index (χ0n) is 23.7. The van der Waals surface area contributed by atoms with Gasteiger partial charge in [0.1, 0.15) is 11.9 Å². The normalized spacial score (nSPS) is 20.9. The van der Waals surface area contributed by atoms with Crippen molar-refractivity contribution >= 4 is 27.6 Å². The molecular weight excluding hydrogens is 551 g/mol. The van der Waals surface area contributed by atoms with Crippen LogP contribution in [0.2, 0.25) is 0 Å². The number of amides is 3. The number of sulfonamides is 1. The van der Waals surface area contributed by atoms with Crippen molar-refractivity contribution in [2.45, 2.75) is 69.0 Å². The van der Waals surface area contributed by atoms with Crippen molar-refractivity contribution < 1.29 is 32.2 Å². The Labute approximate surface area is 240 Å². The number of hydrogen-bond donors (Lipinski definition) is 3. The van der Waals surface area contributed by atoms with E-state index in [-0.39, 0.29) is 59.5 Å². The van der Waals surface area contributed by atoms with Gasteiger partial charge >= 0.3 is 6.03 Å². The van der Waals surface area contributed by atoms with Crippen LogP contribution in [0.25, 0.3) is 0 Å². The number of benzene rings is 2. The third-order valence-electron chi connectivity index (χ3n) is 7.84. The quantitative estimate of drug-likeness (QED) is 0.429. The molecule has 224 valence electrons. The molecule has 1 fully saturated rings. The Morgan fingerprint density at radius 3 is 2.51 bits per heavy atom. The van der Waals surface area contributed by atoms with Crippen LogP contribution in [0.1, 0.15) is 56.3 Å². The van der Waals surface area contributed by atoms with Crippen molar-refractivity contribution in [2.24, 2.45) is 5.92 Å². The highest BCUT2D eigenvalue weighted by Crippen LogP contribution is 2.35. The van der Waals surface area contributed by atoms with Gasteiger partial charge in [-0.1, -0.05) is 32.3 Å². The molecule has 3 amide bonds. The van der Waals surface area contributed by atoms with Gasteiger partial charge in [0, 0.05) is 25.6 Å². The molecule has 10 nitrogen and oxygen atoms in total. The minimum Gasteiger partial charge on any atom is -0.486 e. The van der Waals surface area contributed by atoms with E-state index in [0.29, 0.717) is 0 Å². The van der Waals surface area contributed by atoms with Gasteiger partial charge in [0.2, 0.25) is 10.0 Å². The van der Waals surface area contributed by atoms with E-state index in [1.807, 2.05) is 6.92 Å². The van der Waals surface area contributed by atoms with Gasteiger partial charge in [-0.25, -0.2) is 17.6 Å². The number of likely N-dealkylation sites (N-methyl/N-ethyl adjacent to an activating group) is 1. The molecule has 12 heteroatoms. The number of aliphatic hydroxyl groups excluding tert-OH is 1. The number of carbonyl (C=O) groups excluding carboxylic acids is 2. The molecule has 4 rings (SSSR count). The van der Waals surface area contributed by atoms with Crippen molar-refractivity contribution in [3.63, 3.8) is 0 Å². The number of para-hydroxylation sites is 1. The molecule has 0 spiro atoms. The van der Waals surface area contributed by atoms with Gasteiger partial charge in [0.05, 0.1) is 35.3 Å². The van der Waals surface area contributed by atoms with E-state index in [0.717, 1.165) is 48.5 Å². The fourth-order valence-electron chi connectivity index (χ4n) is 5.29. The summed E-state index contributed by atoms with van der Waals surface area (Å²) in [7, 11) is -2.57. The van der Waals surface area contributed by atoms with Crippen molar-refractivity contribution in [3.8, 4) is 5.75 Å². The molecule has 41 heavy (non-hydrogen) atoms. The van der Waals surface area contributed by atoms with Crippen LogP contribution in [0.15, 0.2) is 47.4 Å². The first-order valence-corrected chi connectivity index (χ1v) is 15.5. The summed E-state index contributed by atoms with van der Waals surface area (Å²) in [4.78, 5) is 28.1. The predicted molar refractivity (Wildman–Crippen MR) is 153 cm³/mol. The predicted octanol–water partition coefficient (Wildman–Crippen LogP) is 3.82. The Balaban J connectivity index is 1.65. The van der Waals surface area contributed by atoms with Crippen LogP contribution >= 0.6 is 0 Å². The summed E-state index contributed by atoms with van der Waals surface area (Å²) in [6, 6.07) is 8.58. The Morgan fingerprint density at radius 1 is 1.17 bits per heavy atom. The largest absolute Gasteiger partial charge is 0.486 e. The van der Waals surface area contributed by atoms with Gasteiger partial charge in [-0.15, -0.1) is 0 Å². The first kappa shape index (κ1) is 30.7. The highest BCUT2D eigenvalue weighted by Gasteiger charge is 2.36. The number of nitrogens with one attached hydrogen (secondary N) is 2. The SMILES string of the molecule is C[C@H](CO)N1C[C@H](C)[C@H](CN(C)S(=O)(=O)c2ccc(F)cc2)Oc2c(NC(=O)NC3CCCCC3)cccc2C1=O. The number of ether oxygens (including phenoxy) is 1. The maximum absolute atomic E-state index is 13.7. The van der Waals surface area contributed by atoms with Gasteiger partial charge < -0.3 is 25.4 Å². The lowest BCUT2D eigenvalue weighted by Gasteiger charge is -2.38. The van der Waals surface area contributed by atoms with E-state index in [4.69, 9.17) is 4.74 Å². The van der Waals surface area contributed by atoms with Crippen molar-refractivity contribution in [2.75, 3.05) is 32.1 Å². The van der Waals surface area contributed by atoms with Gasteiger partial charge in [-0.3, -0.25) is 4.79 Å². The van der Waals surface area contributed by atoms with Crippen LogP contribution in [0.5, 0.6) is 5.75 Å². The molecular formula is C29H39FN4O6S. The van der Waals surface area contributed by atoms with Crippen molar-refractivity contribution in [3.05, 3.63) is 53.8 Å². The summed E-state index contributed by atoms with van der Waals surface area (Å²) in [5.41, 5.74) is 0.477. The number of aliphatic hydroxyl groups is 1. The van der Waals surface area contributed by atoms with Gasteiger partial charge in [-0.2, -0.15) is 4.31 Å². The molecule has 0 saturated heterocycles. The molecule has 3 atom stereocenters. The van der Waals surface area contributed by atoms with Crippen LogP contribution in [0, 0.1) is 11.7 Å². The molecule has 0 bridgehead atoms. The van der Waals surface area contributed by atoms with Crippen LogP contribution < -0.4 is 15.4 Å². The van der Waals surface area contributed by atoms with Crippen molar-refractivity contribution in [1.82, 2.24) is 14.5 Å². The van der Waals surface area contributed by atoms with Gasteiger partial charge in [0.25, 0.3) is 5.91 Å². The molecule has 2 aromatic rings. The smallest absolute Gasteiger partial charge is 0.319 e. The Bertz CT molecular complexity index is 1330.